The molecule has 0 aliphatic heterocycles. The van der Waals surface area contributed by atoms with Crippen molar-refractivity contribution in [2.45, 2.75) is 13.8 Å². The average molecular weight is 266 g/mol. The van der Waals surface area contributed by atoms with E-state index in [1.54, 1.807) is 6.07 Å². The lowest BCUT2D eigenvalue weighted by molar-refractivity contribution is 0.100. The van der Waals surface area contributed by atoms with Crippen LogP contribution in [0.5, 0.6) is 0 Å². The van der Waals surface area contributed by atoms with Gasteiger partial charge in [-0.2, -0.15) is 0 Å². The predicted molar refractivity (Wildman–Crippen MR) is 80.1 cm³/mol. The third-order valence-electron chi connectivity index (χ3n) is 3.77. The van der Waals surface area contributed by atoms with Crippen LogP contribution in [-0.4, -0.2) is 10.9 Å². The summed E-state index contributed by atoms with van der Waals surface area (Å²) >= 11 is 0. The molecule has 0 atom stereocenters. The van der Waals surface area contributed by atoms with Gasteiger partial charge in [-0.05, 0) is 43.2 Å². The monoisotopic (exact) mass is 266 g/mol. The Hall–Kier alpha value is -2.62. The molecular weight excluding hydrogens is 252 g/mol. The number of aromatic amines is 1. The number of primary amides is 1. The summed E-state index contributed by atoms with van der Waals surface area (Å²) in [6.45, 7) is 3.71. The van der Waals surface area contributed by atoms with Gasteiger partial charge in [0.25, 0.3) is 5.91 Å². The van der Waals surface area contributed by atoms with Crippen LogP contribution in [0, 0.1) is 13.8 Å². The minimum Gasteiger partial charge on any atom is -0.366 e. The van der Waals surface area contributed by atoms with Gasteiger partial charge in [-0.1, -0.05) is 12.1 Å². The van der Waals surface area contributed by atoms with Crippen molar-refractivity contribution >= 4 is 27.7 Å². The Morgan fingerprint density at radius 2 is 1.85 bits per heavy atom. The van der Waals surface area contributed by atoms with E-state index in [0.717, 1.165) is 11.1 Å². The summed E-state index contributed by atoms with van der Waals surface area (Å²) in [5, 5.41) is 1.11. The molecule has 2 aromatic carbocycles. The summed E-state index contributed by atoms with van der Waals surface area (Å²) in [5.41, 5.74) is 8.70. The smallest absolute Gasteiger partial charge is 0.251 e. The molecule has 20 heavy (non-hydrogen) atoms. The zero-order valence-corrected chi connectivity index (χ0v) is 11.3. The highest BCUT2D eigenvalue weighted by atomic mass is 16.1. The summed E-state index contributed by atoms with van der Waals surface area (Å²) in [4.78, 5) is 27.5. The molecule has 3 N–H and O–H groups in total. The van der Waals surface area contributed by atoms with Crippen molar-refractivity contribution in [3.63, 3.8) is 0 Å². The molecule has 0 fully saturated rings. The molecule has 0 aliphatic carbocycles. The van der Waals surface area contributed by atoms with Gasteiger partial charge in [0.2, 0.25) is 0 Å². The fourth-order valence-electron chi connectivity index (χ4n) is 2.60. The number of benzene rings is 2. The number of hydrogen-bond donors (Lipinski definition) is 2. The summed E-state index contributed by atoms with van der Waals surface area (Å²) in [6.07, 6.45) is 0. The fourth-order valence-corrected chi connectivity index (χ4v) is 2.60. The highest BCUT2D eigenvalue weighted by Crippen LogP contribution is 2.23. The standard InChI is InChI=1S/C16H14N2O2/c1-8-7-11-14(13(9(8)2)16(17)20)18-12-6-4-3-5-10(12)15(11)19/h3-7H,1-2H3,(H2,17,20)(H,18,19). The van der Waals surface area contributed by atoms with E-state index < -0.39 is 5.91 Å². The SMILES string of the molecule is Cc1cc2c(=O)c3ccccc3[nH]c2c(C(N)=O)c1C. The molecule has 0 bridgehead atoms. The van der Waals surface area contributed by atoms with Crippen molar-refractivity contribution in [2.75, 3.05) is 0 Å². The number of fused-ring (bicyclic) bond motifs is 2. The first kappa shape index (κ1) is 12.4. The average Bonchev–Trinajstić information content (AvgIpc) is 2.41. The van der Waals surface area contributed by atoms with E-state index in [-0.39, 0.29) is 5.43 Å². The van der Waals surface area contributed by atoms with E-state index in [0.29, 0.717) is 27.4 Å². The van der Waals surface area contributed by atoms with E-state index in [2.05, 4.69) is 4.98 Å². The lowest BCUT2D eigenvalue weighted by Gasteiger charge is -2.11. The van der Waals surface area contributed by atoms with Crippen LogP contribution >= 0.6 is 0 Å². The molecule has 3 rings (SSSR count). The van der Waals surface area contributed by atoms with Crippen molar-refractivity contribution < 1.29 is 4.79 Å². The summed E-state index contributed by atoms with van der Waals surface area (Å²) in [7, 11) is 0. The van der Waals surface area contributed by atoms with Gasteiger partial charge in [0.05, 0.1) is 11.1 Å². The van der Waals surface area contributed by atoms with Gasteiger partial charge >= 0.3 is 0 Å². The molecule has 0 saturated heterocycles. The normalized spacial score (nSPS) is 11.1. The largest absolute Gasteiger partial charge is 0.366 e. The molecule has 0 unspecified atom stereocenters. The number of nitrogens with two attached hydrogens (primary N) is 1. The van der Waals surface area contributed by atoms with Crippen molar-refractivity contribution in [3.8, 4) is 0 Å². The zero-order valence-electron chi connectivity index (χ0n) is 11.3. The number of para-hydroxylation sites is 1. The molecule has 0 radical (unpaired) electrons. The molecule has 4 nitrogen and oxygen atoms in total. The van der Waals surface area contributed by atoms with E-state index in [4.69, 9.17) is 5.73 Å². The second-order valence-corrected chi connectivity index (χ2v) is 4.98. The first-order valence-electron chi connectivity index (χ1n) is 6.35. The number of hydrogen-bond acceptors (Lipinski definition) is 2. The lowest BCUT2D eigenvalue weighted by atomic mass is 9.97. The van der Waals surface area contributed by atoms with Crippen molar-refractivity contribution in [1.29, 1.82) is 0 Å². The topological polar surface area (TPSA) is 75.9 Å². The van der Waals surface area contributed by atoms with Gasteiger partial charge in [-0.15, -0.1) is 0 Å². The highest BCUT2D eigenvalue weighted by Gasteiger charge is 2.16. The molecule has 100 valence electrons. The molecular formula is C16H14N2O2. The lowest BCUT2D eigenvalue weighted by Crippen LogP contribution is -2.17. The van der Waals surface area contributed by atoms with E-state index in [1.807, 2.05) is 38.1 Å². The van der Waals surface area contributed by atoms with Crippen molar-refractivity contribution in [2.24, 2.45) is 5.73 Å². The number of nitrogens with one attached hydrogen (secondary N) is 1. The van der Waals surface area contributed by atoms with Gasteiger partial charge in [-0.25, -0.2) is 0 Å². The van der Waals surface area contributed by atoms with Crippen LogP contribution in [0.1, 0.15) is 21.5 Å². The summed E-state index contributed by atoms with van der Waals surface area (Å²) in [5.74, 6) is -0.526. The Labute approximate surface area is 115 Å². The third kappa shape index (κ3) is 1.61. The third-order valence-corrected chi connectivity index (χ3v) is 3.77. The number of rotatable bonds is 1. The van der Waals surface area contributed by atoms with Gasteiger partial charge in [0, 0.05) is 16.3 Å². The Bertz CT molecular complexity index is 923. The van der Waals surface area contributed by atoms with Gasteiger partial charge in [0.1, 0.15) is 0 Å². The number of carbonyl (C=O) groups excluding carboxylic acids is 1. The Kier molecular flexibility index (Phi) is 2.61. The van der Waals surface area contributed by atoms with Crippen molar-refractivity contribution in [3.05, 3.63) is 57.2 Å². The molecule has 3 aromatic rings. The summed E-state index contributed by atoms with van der Waals surface area (Å²) < 4.78 is 0. The Morgan fingerprint density at radius 3 is 2.55 bits per heavy atom. The van der Waals surface area contributed by atoms with Gasteiger partial charge in [-0.3, -0.25) is 9.59 Å². The number of amides is 1. The van der Waals surface area contributed by atoms with E-state index in [9.17, 15) is 9.59 Å². The minimum absolute atomic E-state index is 0.0834. The molecule has 0 saturated carbocycles. The quantitative estimate of drug-likeness (QED) is 0.663. The number of pyridine rings is 1. The zero-order chi connectivity index (χ0) is 14.4. The van der Waals surface area contributed by atoms with Crippen LogP contribution < -0.4 is 11.2 Å². The molecule has 1 heterocycles. The number of aryl methyl sites for hydroxylation is 1. The second-order valence-electron chi connectivity index (χ2n) is 4.98. The van der Waals surface area contributed by atoms with Crippen LogP contribution in [0.3, 0.4) is 0 Å². The fraction of sp³-hybridized carbons (Fsp3) is 0.125. The number of H-pyrrole nitrogens is 1. The van der Waals surface area contributed by atoms with Crippen molar-refractivity contribution in [1.82, 2.24) is 4.98 Å². The maximum atomic E-state index is 12.6. The van der Waals surface area contributed by atoms with Gasteiger partial charge in [0.15, 0.2) is 5.43 Å². The molecule has 1 amide bonds. The van der Waals surface area contributed by atoms with Crippen LogP contribution in [0.15, 0.2) is 35.1 Å². The van der Waals surface area contributed by atoms with Crippen LogP contribution in [0.2, 0.25) is 0 Å². The van der Waals surface area contributed by atoms with Crippen LogP contribution in [0.4, 0.5) is 0 Å². The maximum absolute atomic E-state index is 12.6. The van der Waals surface area contributed by atoms with Crippen LogP contribution in [-0.2, 0) is 0 Å². The number of aromatic nitrogens is 1. The Morgan fingerprint density at radius 1 is 1.15 bits per heavy atom. The van der Waals surface area contributed by atoms with E-state index in [1.165, 1.54) is 0 Å². The molecule has 4 heteroatoms. The van der Waals surface area contributed by atoms with Gasteiger partial charge < -0.3 is 10.7 Å². The second kappa shape index (κ2) is 4.20. The highest BCUT2D eigenvalue weighted by molar-refractivity contribution is 6.08. The summed E-state index contributed by atoms with van der Waals surface area (Å²) in [6, 6.07) is 9.06. The first-order chi connectivity index (χ1) is 9.50. The van der Waals surface area contributed by atoms with Crippen LogP contribution in [0.25, 0.3) is 21.8 Å². The molecule has 0 aliphatic rings. The van der Waals surface area contributed by atoms with E-state index >= 15 is 0 Å². The predicted octanol–water partition coefficient (Wildman–Crippen LogP) is 2.40. The molecule has 0 spiro atoms. The first-order valence-corrected chi connectivity index (χ1v) is 6.35. The molecule has 1 aromatic heterocycles. The number of carbonyl (C=O) groups is 1. The Balaban J connectivity index is 2.65. The minimum atomic E-state index is -0.526. The maximum Gasteiger partial charge on any atom is 0.251 e.